The Kier molecular flexibility index (Phi) is 5.94. The highest BCUT2D eigenvalue weighted by molar-refractivity contribution is 7.14. The summed E-state index contributed by atoms with van der Waals surface area (Å²) in [6.07, 6.45) is 4.03. The first kappa shape index (κ1) is 19.8. The fourth-order valence-corrected chi connectivity index (χ4v) is 4.36. The highest BCUT2D eigenvalue weighted by Crippen LogP contribution is 2.35. The number of thiophene rings is 1. The number of carbonyl (C=O) groups excluding carboxylic acids is 1. The van der Waals surface area contributed by atoms with Crippen LogP contribution in [0.15, 0.2) is 42.7 Å². The quantitative estimate of drug-likeness (QED) is 0.609. The van der Waals surface area contributed by atoms with E-state index in [1.165, 1.54) is 10.4 Å². The third-order valence-electron chi connectivity index (χ3n) is 4.69. The second-order valence-electron chi connectivity index (χ2n) is 6.48. The maximum atomic E-state index is 12.7. The smallest absolute Gasteiger partial charge is 0.319 e. The van der Waals surface area contributed by atoms with Gasteiger partial charge in [0.15, 0.2) is 0 Å². The zero-order valence-electron chi connectivity index (χ0n) is 16.7. The topological polar surface area (TPSA) is 64.5 Å². The molecule has 2 aromatic heterocycles. The Bertz CT molecular complexity index is 964. The minimum Gasteiger partial charge on any atom is -0.497 e. The molecule has 0 aliphatic rings. The lowest BCUT2D eigenvalue weighted by Gasteiger charge is -2.18. The first-order valence-corrected chi connectivity index (χ1v) is 9.79. The molecule has 1 atom stereocenters. The molecule has 0 saturated heterocycles. The molecule has 6 nitrogen and oxygen atoms in total. The molecule has 3 aromatic rings. The molecule has 0 radical (unpaired) electrons. The average Bonchev–Trinajstić information content (AvgIpc) is 3.30. The Morgan fingerprint density at radius 1 is 1.14 bits per heavy atom. The van der Waals surface area contributed by atoms with E-state index in [1.54, 1.807) is 43.8 Å². The van der Waals surface area contributed by atoms with Gasteiger partial charge in [-0.05, 0) is 50.6 Å². The van der Waals surface area contributed by atoms with E-state index >= 15 is 0 Å². The van der Waals surface area contributed by atoms with Crippen molar-refractivity contribution in [3.05, 3.63) is 58.7 Å². The van der Waals surface area contributed by atoms with Crippen LogP contribution in [-0.2, 0) is 0 Å². The van der Waals surface area contributed by atoms with Gasteiger partial charge in [0.1, 0.15) is 16.5 Å². The van der Waals surface area contributed by atoms with E-state index in [4.69, 9.17) is 9.47 Å². The highest BCUT2D eigenvalue weighted by Gasteiger charge is 2.21. The highest BCUT2D eigenvalue weighted by atomic mass is 32.1. The Balaban J connectivity index is 1.81. The van der Waals surface area contributed by atoms with Crippen molar-refractivity contribution < 1.29 is 14.3 Å². The fraction of sp³-hybridized carbons (Fsp3) is 0.286. The van der Waals surface area contributed by atoms with E-state index in [0.29, 0.717) is 17.2 Å². The number of aryl methyl sites for hydroxylation is 1. The molecule has 2 amide bonds. The van der Waals surface area contributed by atoms with Gasteiger partial charge in [0.05, 0.1) is 25.9 Å². The number of nitrogens with one attached hydrogen (secondary N) is 2. The van der Waals surface area contributed by atoms with Crippen LogP contribution < -0.4 is 20.1 Å². The second-order valence-corrected chi connectivity index (χ2v) is 7.68. The maximum Gasteiger partial charge on any atom is 0.319 e. The van der Waals surface area contributed by atoms with E-state index in [9.17, 15) is 4.79 Å². The lowest BCUT2D eigenvalue weighted by atomic mass is 10.1. The predicted molar refractivity (Wildman–Crippen MR) is 113 cm³/mol. The number of carbonyl (C=O) groups is 1. The number of urea groups is 1. The molecule has 0 unspecified atom stereocenters. The summed E-state index contributed by atoms with van der Waals surface area (Å²) in [5.74, 6) is 1.21. The van der Waals surface area contributed by atoms with Gasteiger partial charge in [-0.25, -0.2) is 4.79 Å². The van der Waals surface area contributed by atoms with Gasteiger partial charge in [-0.3, -0.25) is 0 Å². The third kappa shape index (κ3) is 3.99. The summed E-state index contributed by atoms with van der Waals surface area (Å²) in [6.45, 7) is 6.18. The fourth-order valence-electron chi connectivity index (χ4n) is 3.14. The summed E-state index contributed by atoms with van der Waals surface area (Å²) in [7, 11) is 3.15. The van der Waals surface area contributed by atoms with Crippen LogP contribution in [-0.4, -0.2) is 24.8 Å². The Hall–Kier alpha value is -2.93. The van der Waals surface area contributed by atoms with Crippen LogP contribution in [0.25, 0.3) is 5.00 Å². The van der Waals surface area contributed by atoms with Crippen LogP contribution in [0.5, 0.6) is 11.5 Å². The van der Waals surface area contributed by atoms with Crippen molar-refractivity contribution >= 4 is 23.1 Å². The lowest BCUT2D eigenvalue weighted by molar-refractivity contribution is 0.249. The SMILES string of the molecule is COc1ccc(OC)c(NC(=O)N[C@H](C)c2c(-n3cccc3)sc(C)c2C)c1. The van der Waals surface area contributed by atoms with Crippen LogP contribution in [0.4, 0.5) is 10.5 Å². The Morgan fingerprint density at radius 2 is 1.86 bits per heavy atom. The normalized spacial score (nSPS) is 11.8. The largest absolute Gasteiger partial charge is 0.497 e. The number of nitrogens with zero attached hydrogens (tertiary/aromatic N) is 1. The van der Waals surface area contributed by atoms with Gasteiger partial charge in [-0.15, -0.1) is 11.3 Å². The van der Waals surface area contributed by atoms with E-state index < -0.39 is 0 Å². The number of benzene rings is 1. The van der Waals surface area contributed by atoms with Crippen LogP contribution in [0.3, 0.4) is 0 Å². The Labute approximate surface area is 169 Å². The molecule has 2 heterocycles. The van der Waals surface area contributed by atoms with Gasteiger partial charge in [-0.2, -0.15) is 0 Å². The monoisotopic (exact) mass is 399 g/mol. The molecule has 28 heavy (non-hydrogen) atoms. The molecule has 148 valence electrons. The molecular formula is C21H25N3O3S. The molecule has 0 aliphatic carbocycles. The summed E-state index contributed by atoms with van der Waals surface area (Å²) >= 11 is 1.72. The van der Waals surface area contributed by atoms with Gasteiger partial charge in [-0.1, -0.05) is 0 Å². The molecular weight excluding hydrogens is 374 g/mol. The molecule has 2 N–H and O–H groups in total. The van der Waals surface area contributed by atoms with Crippen LogP contribution in [0, 0.1) is 13.8 Å². The maximum absolute atomic E-state index is 12.7. The molecule has 0 aliphatic heterocycles. The number of rotatable bonds is 6. The number of aromatic nitrogens is 1. The summed E-state index contributed by atoms with van der Waals surface area (Å²) in [4.78, 5) is 13.9. The predicted octanol–water partition coefficient (Wildman–Crippen LogP) is 5.06. The summed E-state index contributed by atoms with van der Waals surface area (Å²) < 4.78 is 12.6. The van der Waals surface area contributed by atoms with Crippen LogP contribution in [0.1, 0.15) is 29.0 Å². The second kappa shape index (κ2) is 8.39. The third-order valence-corrected chi connectivity index (χ3v) is 5.92. The van der Waals surface area contributed by atoms with E-state index in [1.807, 2.05) is 31.5 Å². The molecule has 0 spiro atoms. The number of anilines is 1. The van der Waals surface area contributed by atoms with Crippen molar-refractivity contribution in [3.63, 3.8) is 0 Å². The number of amides is 2. The van der Waals surface area contributed by atoms with Crippen LogP contribution in [0.2, 0.25) is 0 Å². The van der Waals surface area contributed by atoms with E-state index in [-0.39, 0.29) is 12.1 Å². The molecule has 3 rings (SSSR count). The van der Waals surface area contributed by atoms with Gasteiger partial charge in [0, 0.05) is 28.9 Å². The number of ether oxygens (including phenoxy) is 2. The van der Waals surface area contributed by atoms with Crippen molar-refractivity contribution in [1.29, 1.82) is 0 Å². The average molecular weight is 400 g/mol. The first-order chi connectivity index (χ1) is 13.4. The zero-order valence-corrected chi connectivity index (χ0v) is 17.5. The number of methoxy groups -OCH3 is 2. The van der Waals surface area contributed by atoms with Crippen molar-refractivity contribution in [3.8, 4) is 16.5 Å². The lowest BCUT2D eigenvalue weighted by Crippen LogP contribution is -2.31. The van der Waals surface area contributed by atoms with E-state index in [2.05, 4.69) is 29.0 Å². The molecule has 0 fully saturated rings. The molecule has 0 saturated carbocycles. The van der Waals surface area contributed by atoms with Crippen molar-refractivity contribution in [1.82, 2.24) is 9.88 Å². The van der Waals surface area contributed by atoms with Crippen molar-refractivity contribution in [2.75, 3.05) is 19.5 Å². The van der Waals surface area contributed by atoms with Gasteiger partial charge >= 0.3 is 6.03 Å². The molecule has 7 heteroatoms. The van der Waals surface area contributed by atoms with E-state index in [0.717, 1.165) is 10.6 Å². The number of hydrogen-bond acceptors (Lipinski definition) is 4. The van der Waals surface area contributed by atoms with Crippen molar-refractivity contribution in [2.45, 2.75) is 26.8 Å². The summed E-state index contributed by atoms with van der Waals surface area (Å²) in [5, 5.41) is 7.01. The number of hydrogen-bond donors (Lipinski definition) is 2. The van der Waals surface area contributed by atoms with Crippen LogP contribution >= 0.6 is 11.3 Å². The van der Waals surface area contributed by atoms with Gasteiger partial charge in [0.2, 0.25) is 0 Å². The molecule has 1 aromatic carbocycles. The van der Waals surface area contributed by atoms with Gasteiger partial charge < -0.3 is 24.7 Å². The van der Waals surface area contributed by atoms with Crippen molar-refractivity contribution in [2.24, 2.45) is 0 Å². The zero-order chi connectivity index (χ0) is 20.3. The standard InChI is InChI=1S/C21H25N3O3S/c1-13-15(3)28-20(24-10-6-7-11-24)19(13)14(2)22-21(25)23-17-12-16(26-4)8-9-18(17)27-5/h6-12,14H,1-5H3,(H2,22,23,25)/t14-/m1/s1. The minimum atomic E-state index is -0.305. The summed E-state index contributed by atoms with van der Waals surface area (Å²) in [5.41, 5.74) is 2.86. The van der Waals surface area contributed by atoms with Gasteiger partial charge in [0.25, 0.3) is 0 Å². The first-order valence-electron chi connectivity index (χ1n) is 8.97. The minimum absolute atomic E-state index is 0.168. The summed E-state index contributed by atoms with van der Waals surface area (Å²) in [6, 6.07) is 8.79. The molecule has 0 bridgehead atoms. The Morgan fingerprint density at radius 3 is 2.50 bits per heavy atom.